The van der Waals surface area contributed by atoms with Crippen molar-refractivity contribution in [3.05, 3.63) is 47.2 Å². The summed E-state index contributed by atoms with van der Waals surface area (Å²) in [4.78, 5) is 16.5. The lowest BCUT2D eigenvalue weighted by molar-refractivity contribution is 0.122. The molecule has 6 nitrogen and oxygen atoms in total. The Labute approximate surface area is 146 Å². The summed E-state index contributed by atoms with van der Waals surface area (Å²) in [5.41, 5.74) is 2.27. The van der Waals surface area contributed by atoms with Crippen molar-refractivity contribution in [2.24, 2.45) is 0 Å². The number of amides is 1. The highest BCUT2D eigenvalue weighted by molar-refractivity contribution is 6.30. The van der Waals surface area contributed by atoms with Crippen LogP contribution in [0.1, 0.15) is 12.5 Å². The van der Waals surface area contributed by atoms with E-state index < -0.39 is 0 Å². The molecule has 2 aromatic rings. The van der Waals surface area contributed by atoms with Crippen LogP contribution in [0.4, 0.5) is 10.5 Å². The first-order valence-electron chi connectivity index (χ1n) is 8.08. The quantitative estimate of drug-likeness (QED) is 0.852. The van der Waals surface area contributed by atoms with Gasteiger partial charge in [-0.05, 0) is 24.6 Å². The van der Waals surface area contributed by atoms with Crippen LogP contribution in [0.15, 0.2) is 36.7 Å². The standard InChI is InChI=1S/C17H21ClN4O2/c1-2-20(17(23)22-13-15(18)11-19-22)12-14-3-5-16(6-4-14)21-7-9-24-10-8-21/h3-6,11,13H,2,7-10,12H2,1H3. The molecule has 1 amide bonds. The fraction of sp³-hybridized carbons (Fsp3) is 0.412. The molecular weight excluding hydrogens is 328 g/mol. The number of anilines is 1. The Hall–Kier alpha value is -2.05. The molecule has 3 rings (SSSR count). The molecule has 0 unspecified atom stereocenters. The van der Waals surface area contributed by atoms with E-state index in [9.17, 15) is 4.79 Å². The Bertz CT molecular complexity index is 680. The number of halogens is 1. The minimum Gasteiger partial charge on any atom is -0.378 e. The number of nitrogens with zero attached hydrogens (tertiary/aromatic N) is 4. The molecule has 0 spiro atoms. The summed E-state index contributed by atoms with van der Waals surface area (Å²) in [7, 11) is 0. The molecule has 7 heteroatoms. The number of aromatic nitrogens is 2. The Morgan fingerprint density at radius 2 is 2.00 bits per heavy atom. The van der Waals surface area contributed by atoms with Gasteiger partial charge >= 0.3 is 6.03 Å². The van der Waals surface area contributed by atoms with Crippen LogP contribution >= 0.6 is 11.6 Å². The van der Waals surface area contributed by atoms with E-state index in [1.165, 1.54) is 22.8 Å². The van der Waals surface area contributed by atoms with Crippen LogP contribution in [0.5, 0.6) is 0 Å². The maximum Gasteiger partial charge on any atom is 0.344 e. The van der Waals surface area contributed by atoms with Crippen LogP contribution in [0, 0.1) is 0 Å². The normalized spacial score (nSPS) is 14.7. The van der Waals surface area contributed by atoms with Gasteiger partial charge in [-0.15, -0.1) is 0 Å². The van der Waals surface area contributed by atoms with Crippen LogP contribution in [-0.4, -0.2) is 53.6 Å². The van der Waals surface area contributed by atoms with Gasteiger partial charge in [0.05, 0.1) is 30.6 Å². The average Bonchev–Trinajstić information content (AvgIpc) is 3.07. The molecular formula is C17H21ClN4O2. The van der Waals surface area contributed by atoms with Gasteiger partial charge in [-0.3, -0.25) is 0 Å². The van der Waals surface area contributed by atoms with E-state index in [2.05, 4.69) is 34.3 Å². The lowest BCUT2D eigenvalue weighted by atomic mass is 10.1. The van der Waals surface area contributed by atoms with Gasteiger partial charge in [0.15, 0.2) is 0 Å². The molecule has 0 aliphatic carbocycles. The smallest absolute Gasteiger partial charge is 0.344 e. The van der Waals surface area contributed by atoms with E-state index in [0.717, 1.165) is 31.9 Å². The number of carbonyl (C=O) groups is 1. The number of hydrogen-bond donors (Lipinski definition) is 0. The fourth-order valence-corrected chi connectivity index (χ4v) is 2.86. The molecule has 0 saturated carbocycles. The zero-order chi connectivity index (χ0) is 16.9. The highest BCUT2D eigenvalue weighted by Crippen LogP contribution is 2.18. The third-order valence-corrected chi connectivity index (χ3v) is 4.28. The highest BCUT2D eigenvalue weighted by Gasteiger charge is 2.16. The maximum atomic E-state index is 12.5. The zero-order valence-corrected chi connectivity index (χ0v) is 14.4. The number of morpholine rings is 1. The summed E-state index contributed by atoms with van der Waals surface area (Å²) in [6, 6.07) is 8.16. The first-order valence-corrected chi connectivity index (χ1v) is 8.46. The van der Waals surface area contributed by atoms with Crippen molar-refractivity contribution in [3.63, 3.8) is 0 Å². The van der Waals surface area contributed by atoms with Gasteiger partial charge in [-0.2, -0.15) is 9.78 Å². The second kappa shape index (κ2) is 7.68. The SMILES string of the molecule is CCN(Cc1ccc(N2CCOCC2)cc1)C(=O)n1cc(Cl)cn1. The molecule has 1 aliphatic heterocycles. The minimum atomic E-state index is -0.179. The number of hydrogen-bond acceptors (Lipinski definition) is 4. The van der Waals surface area contributed by atoms with Crippen LogP contribution in [0.3, 0.4) is 0 Å². The van der Waals surface area contributed by atoms with E-state index in [1.807, 2.05) is 6.92 Å². The summed E-state index contributed by atoms with van der Waals surface area (Å²) in [5.74, 6) is 0. The Kier molecular flexibility index (Phi) is 5.37. The largest absolute Gasteiger partial charge is 0.378 e. The fourth-order valence-electron chi connectivity index (χ4n) is 2.72. The third-order valence-electron chi connectivity index (χ3n) is 4.09. The molecule has 128 valence electrons. The van der Waals surface area contributed by atoms with E-state index in [-0.39, 0.29) is 6.03 Å². The molecule has 2 heterocycles. The monoisotopic (exact) mass is 348 g/mol. The molecule has 1 aliphatic rings. The predicted molar refractivity (Wildman–Crippen MR) is 93.6 cm³/mol. The first kappa shape index (κ1) is 16.8. The molecule has 1 saturated heterocycles. The minimum absolute atomic E-state index is 0.179. The Balaban J connectivity index is 1.66. The molecule has 0 radical (unpaired) electrons. The van der Waals surface area contributed by atoms with E-state index in [4.69, 9.17) is 16.3 Å². The molecule has 0 N–H and O–H groups in total. The number of rotatable bonds is 4. The average molecular weight is 349 g/mol. The van der Waals surface area contributed by atoms with Crippen molar-refractivity contribution in [2.75, 3.05) is 37.7 Å². The van der Waals surface area contributed by atoms with Crippen molar-refractivity contribution in [1.82, 2.24) is 14.7 Å². The van der Waals surface area contributed by atoms with Gasteiger partial charge in [0, 0.05) is 31.9 Å². The van der Waals surface area contributed by atoms with Crippen molar-refractivity contribution < 1.29 is 9.53 Å². The van der Waals surface area contributed by atoms with E-state index in [1.54, 1.807) is 4.90 Å². The Morgan fingerprint density at radius 3 is 2.58 bits per heavy atom. The topological polar surface area (TPSA) is 50.6 Å². The second-order valence-electron chi connectivity index (χ2n) is 5.67. The summed E-state index contributed by atoms with van der Waals surface area (Å²) < 4.78 is 6.65. The second-order valence-corrected chi connectivity index (χ2v) is 6.10. The first-order chi connectivity index (χ1) is 11.7. The molecule has 0 bridgehead atoms. The summed E-state index contributed by atoms with van der Waals surface area (Å²) in [6.45, 7) is 6.46. The van der Waals surface area contributed by atoms with Gasteiger partial charge in [0.25, 0.3) is 0 Å². The van der Waals surface area contributed by atoms with Gasteiger partial charge in [-0.25, -0.2) is 4.79 Å². The van der Waals surface area contributed by atoms with Crippen molar-refractivity contribution in [1.29, 1.82) is 0 Å². The summed E-state index contributed by atoms with van der Waals surface area (Å²) in [5, 5.41) is 4.43. The van der Waals surface area contributed by atoms with Crippen LogP contribution in [0.2, 0.25) is 5.02 Å². The van der Waals surface area contributed by atoms with Gasteiger partial charge in [0.1, 0.15) is 0 Å². The van der Waals surface area contributed by atoms with Crippen molar-refractivity contribution in [3.8, 4) is 0 Å². The lowest BCUT2D eigenvalue weighted by Crippen LogP contribution is -2.36. The van der Waals surface area contributed by atoms with Crippen LogP contribution < -0.4 is 4.90 Å². The lowest BCUT2D eigenvalue weighted by Gasteiger charge is -2.29. The number of carbonyl (C=O) groups excluding carboxylic acids is 1. The predicted octanol–water partition coefficient (Wildman–Crippen LogP) is 2.86. The molecule has 1 aromatic carbocycles. The van der Waals surface area contributed by atoms with Gasteiger partial charge in [-0.1, -0.05) is 23.7 Å². The van der Waals surface area contributed by atoms with Crippen LogP contribution in [0.25, 0.3) is 0 Å². The molecule has 1 aromatic heterocycles. The maximum absolute atomic E-state index is 12.5. The van der Waals surface area contributed by atoms with Crippen molar-refractivity contribution in [2.45, 2.75) is 13.5 Å². The van der Waals surface area contributed by atoms with E-state index in [0.29, 0.717) is 18.1 Å². The summed E-state index contributed by atoms with van der Waals surface area (Å²) in [6.07, 6.45) is 2.98. The van der Waals surface area contributed by atoms with Gasteiger partial charge < -0.3 is 14.5 Å². The van der Waals surface area contributed by atoms with Crippen LogP contribution in [-0.2, 0) is 11.3 Å². The highest BCUT2D eigenvalue weighted by atomic mass is 35.5. The van der Waals surface area contributed by atoms with E-state index >= 15 is 0 Å². The number of ether oxygens (including phenoxy) is 1. The van der Waals surface area contributed by atoms with Crippen molar-refractivity contribution >= 4 is 23.3 Å². The molecule has 24 heavy (non-hydrogen) atoms. The third kappa shape index (κ3) is 3.88. The molecule has 1 fully saturated rings. The Morgan fingerprint density at radius 1 is 1.29 bits per heavy atom. The number of benzene rings is 1. The summed E-state index contributed by atoms with van der Waals surface area (Å²) >= 11 is 5.84. The zero-order valence-electron chi connectivity index (χ0n) is 13.7. The van der Waals surface area contributed by atoms with Gasteiger partial charge in [0.2, 0.25) is 0 Å². The molecule has 0 atom stereocenters.